The van der Waals surface area contributed by atoms with Crippen molar-refractivity contribution in [2.45, 2.75) is 57.8 Å². The molecule has 1 aliphatic carbocycles. The van der Waals surface area contributed by atoms with Crippen LogP contribution in [-0.2, 0) is 24.1 Å². The quantitative estimate of drug-likeness (QED) is 0.767. The molecule has 2 N–H and O–H groups in total. The molecule has 6 nitrogen and oxygen atoms in total. The maximum atomic E-state index is 12.2. The number of amides is 1. The van der Waals surface area contributed by atoms with Gasteiger partial charge in [-0.25, -0.2) is 5.10 Å². The van der Waals surface area contributed by atoms with Gasteiger partial charge in [-0.1, -0.05) is 6.42 Å². The van der Waals surface area contributed by atoms with Gasteiger partial charge in [-0.05, 0) is 70.1 Å². The van der Waals surface area contributed by atoms with E-state index in [1.54, 1.807) is 0 Å². The predicted molar refractivity (Wildman–Crippen MR) is 93.1 cm³/mol. The molecule has 0 unspecified atom stereocenters. The molecule has 1 aromatic rings. The van der Waals surface area contributed by atoms with E-state index in [0.29, 0.717) is 6.54 Å². The summed E-state index contributed by atoms with van der Waals surface area (Å²) in [5.74, 6) is 0.000895. The molecule has 2 aliphatic rings. The van der Waals surface area contributed by atoms with Gasteiger partial charge in [-0.3, -0.25) is 9.59 Å². The third-order valence-electron chi connectivity index (χ3n) is 5.13. The third kappa shape index (κ3) is 4.44. The number of nitrogens with zero attached hydrogens (tertiary/aromatic N) is 2. The number of carbonyl (C=O) groups excluding carboxylic acids is 1. The minimum atomic E-state index is -0.0876. The standard InChI is InChI=1S/C18H28N4O2/c23-17(19-9-6-12-22-10-4-1-5-11-22)13-16-14-7-2-3-8-15(14)18(24)21-20-16/h1-13H2,(H,19,23)(H,21,24). The van der Waals surface area contributed by atoms with Crippen LogP contribution in [0.3, 0.4) is 0 Å². The van der Waals surface area contributed by atoms with Gasteiger partial charge in [0.15, 0.2) is 0 Å². The second kappa shape index (κ2) is 8.42. The predicted octanol–water partition coefficient (Wildman–Crippen LogP) is 1.18. The third-order valence-corrected chi connectivity index (χ3v) is 5.13. The fourth-order valence-electron chi connectivity index (χ4n) is 3.80. The van der Waals surface area contributed by atoms with Crippen LogP contribution in [0.25, 0.3) is 0 Å². The van der Waals surface area contributed by atoms with E-state index in [9.17, 15) is 9.59 Å². The van der Waals surface area contributed by atoms with Crippen molar-refractivity contribution in [2.24, 2.45) is 0 Å². The number of nitrogens with one attached hydrogen (secondary N) is 2. The van der Waals surface area contributed by atoms with Gasteiger partial charge in [0.1, 0.15) is 0 Å². The molecule has 0 aromatic carbocycles. The summed E-state index contributed by atoms with van der Waals surface area (Å²) in [6, 6.07) is 0. The number of likely N-dealkylation sites (tertiary alicyclic amines) is 1. The molecule has 1 amide bonds. The van der Waals surface area contributed by atoms with Crippen molar-refractivity contribution in [3.05, 3.63) is 27.2 Å². The van der Waals surface area contributed by atoms with Crippen molar-refractivity contribution in [1.82, 2.24) is 20.4 Å². The largest absolute Gasteiger partial charge is 0.356 e. The zero-order chi connectivity index (χ0) is 16.8. The van der Waals surface area contributed by atoms with Gasteiger partial charge in [0.25, 0.3) is 5.56 Å². The molecule has 132 valence electrons. The van der Waals surface area contributed by atoms with Crippen LogP contribution in [0.5, 0.6) is 0 Å². The Morgan fingerprint density at radius 3 is 2.62 bits per heavy atom. The maximum Gasteiger partial charge on any atom is 0.267 e. The summed E-state index contributed by atoms with van der Waals surface area (Å²) in [6.07, 6.45) is 8.99. The molecule has 1 aliphatic heterocycles. The molecule has 3 rings (SSSR count). The first-order chi connectivity index (χ1) is 11.7. The van der Waals surface area contributed by atoms with E-state index in [1.165, 1.54) is 32.4 Å². The minimum Gasteiger partial charge on any atom is -0.356 e. The van der Waals surface area contributed by atoms with Crippen molar-refractivity contribution in [2.75, 3.05) is 26.2 Å². The van der Waals surface area contributed by atoms with Crippen molar-refractivity contribution < 1.29 is 4.79 Å². The molecule has 0 atom stereocenters. The second-order valence-corrected chi connectivity index (χ2v) is 6.95. The number of hydrogen-bond donors (Lipinski definition) is 2. The Labute approximate surface area is 143 Å². The van der Waals surface area contributed by atoms with Crippen LogP contribution in [0.4, 0.5) is 0 Å². The van der Waals surface area contributed by atoms with Gasteiger partial charge < -0.3 is 10.2 Å². The van der Waals surface area contributed by atoms with E-state index >= 15 is 0 Å². The van der Waals surface area contributed by atoms with E-state index in [0.717, 1.165) is 55.5 Å². The zero-order valence-corrected chi connectivity index (χ0v) is 14.4. The molecular formula is C18H28N4O2. The van der Waals surface area contributed by atoms with Crippen molar-refractivity contribution >= 4 is 5.91 Å². The Hall–Kier alpha value is -1.69. The van der Waals surface area contributed by atoms with Crippen LogP contribution >= 0.6 is 0 Å². The molecule has 0 radical (unpaired) electrons. The highest BCUT2D eigenvalue weighted by molar-refractivity contribution is 5.78. The lowest BCUT2D eigenvalue weighted by molar-refractivity contribution is -0.120. The normalized spacial score (nSPS) is 18.2. The lowest BCUT2D eigenvalue weighted by Gasteiger charge is -2.26. The Balaban J connectivity index is 1.46. The molecule has 0 saturated carbocycles. The smallest absolute Gasteiger partial charge is 0.267 e. The Bertz CT molecular complexity index is 620. The highest BCUT2D eigenvalue weighted by Gasteiger charge is 2.19. The number of hydrogen-bond acceptors (Lipinski definition) is 4. The number of aromatic nitrogens is 2. The van der Waals surface area contributed by atoms with Crippen LogP contribution in [0.1, 0.15) is 55.3 Å². The van der Waals surface area contributed by atoms with Gasteiger partial charge in [-0.2, -0.15) is 5.10 Å². The fourth-order valence-corrected chi connectivity index (χ4v) is 3.80. The van der Waals surface area contributed by atoms with Crippen LogP contribution < -0.4 is 10.9 Å². The average Bonchev–Trinajstić information content (AvgIpc) is 2.62. The molecular weight excluding hydrogens is 304 g/mol. The van der Waals surface area contributed by atoms with Gasteiger partial charge in [0, 0.05) is 12.1 Å². The number of aromatic amines is 1. The molecule has 2 heterocycles. The summed E-state index contributed by atoms with van der Waals surface area (Å²) in [7, 11) is 0. The van der Waals surface area contributed by atoms with Crippen LogP contribution in [0.2, 0.25) is 0 Å². The maximum absolute atomic E-state index is 12.2. The fraction of sp³-hybridized carbons (Fsp3) is 0.722. The van der Waals surface area contributed by atoms with Crippen molar-refractivity contribution in [3.63, 3.8) is 0 Å². The van der Waals surface area contributed by atoms with E-state index in [1.807, 2.05) is 0 Å². The Kier molecular flexibility index (Phi) is 6.01. The lowest BCUT2D eigenvalue weighted by atomic mass is 9.91. The summed E-state index contributed by atoms with van der Waals surface area (Å²) >= 11 is 0. The molecule has 1 aromatic heterocycles. The first-order valence-corrected chi connectivity index (χ1v) is 9.32. The van der Waals surface area contributed by atoms with Crippen LogP contribution in [0.15, 0.2) is 4.79 Å². The SMILES string of the molecule is O=C(Cc1n[nH]c(=O)c2c1CCCC2)NCCCN1CCCCC1. The van der Waals surface area contributed by atoms with Gasteiger partial charge >= 0.3 is 0 Å². The van der Waals surface area contributed by atoms with Crippen LogP contribution in [0, 0.1) is 0 Å². The summed E-state index contributed by atoms with van der Waals surface area (Å²) in [5, 5.41) is 9.67. The van der Waals surface area contributed by atoms with Crippen LogP contribution in [-0.4, -0.2) is 47.2 Å². The highest BCUT2D eigenvalue weighted by Crippen LogP contribution is 2.20. The lowest BCUT2D eigenvalue weighted by Crippen LogP contribution is -2.34. The molecule has 6 heteroatoms. The summed E-state index contributed by atoms with van der Waals surface area (Å²) in [5.41, 5.74) is 2.51. The van der Waals surface area contributed by atoms with Crippen molar-refractivity contribution in [3.8, 4) is 0 Å². The average molecular weight is 332 g/mol. The Morgan fingerprint density at radius 1 is 1.08 bits per heavy atom. The first kappa shape index (κ1) is 17.1. The van der Waals surface area contributed by atoms with E-state index < -0.39 is 0 Å². The summed E-state index contributed by atoms with van der Waals surface area (Å²) < 4.78 is 0. The molecule has 1 fully saturated rings. The topological polar surface area (TPSA) is 78.1 Å². The number of piperidine rings is 1. The molecule has 24 heavy (non-hydrogen) atoms. The highest BCUT2D eigenvalue weighted by atomic mass is 16.1. The molecule has 1 saturated heterocycles. The number of fused-ring (bicyclic) bond motifs is 1. The second-order valence-electron chi connectivity index (χ2n) is 6.95. The number of rotatable bonds is 6. The van der Waals surface area contributed by atoms with E-state index in [-0.39, 0.29) is 17.9 Å². The van der Waals surface area contributed by atoms with Gasteiger partial charge in [0.2, 0.25) is 5.91 Å². The minimum absolute atomic E-state index is 0.000895. The van der Waals surface area contributed by atoms with Gasteiger partial charge in [0.05, 0.1) is 12.1 Å². The number of carbonyl (C=O) groups is 1. The zero-order valence-electron chi connectivity index (χ0n) is 14.4. The first-order valence-electron chi connectivity index (χ1n) is 9.32. The van der Waals surface area contributed by atoms with Crippen molar-refractivity contribution in [1.29, 1.82) is 0 Å². The Morgan fingerprint density at radius 2 is 1.83 bits per heavy atom. The molecule has 0 bridgehead atoms. The van der Waals surface area contributed by atoms with E-state index in [4.69, 9.17) is 0 Å². The number of H-pyrrole nitrogens is 1. The van der Waals surface area contributed by atoms with E-state index in [2.05, 4.69) is 20.4 Å². The summed E-state index contributed by atoms with van der Waals surface area (Å²) in [4.78, 5) is 26.5. The monoisotopic (exact) mass is 332 g/mol. The van der Waals surface area contributed by atoms with Gasteiger partial charge in [-0.15, -0.1) is 0 Å². The summed E-state index contributed by atoms with van der Waals surface area (Å²) in [6.45, 7) is 4.16. The molecule has 0 spiro atoms.